The molecule has 43 heavy (non-hydrogen) atoms. The summed E-state index contributed by atoms with van der Waals surface area (Å²) in [6.45, 7) is 2.09. The molecule has 6 rings (SSSR count). The van der Waals surface area contributed by atoms with E-state index < -0.39 is 11.9 Å². The first kappa shape index (κ1) is 28.9. The predicted molar refractivity (Wildman–Crippen MR) is 149 cm³/mol. The van der Waals surface area contributed by atoms with Gasteiger partial charge in [0.1, 0.15) is 31.1 Å². The van der Waals surface area contributed by atoms with E-state index in [0.717, 1.165) is 11.4 Å². The number of aliphatic carboxylic acids is 2. The van der Waals surface area contributed by atoms with Crippen LogP contribution in [0, 0.1) is 0 Å². The number of hydrogen-bond acceptors (Lipinski definition) is 12. The first-order valence-corrected chi connectivity index (χ1v) is 13.0. The summed E-state index contributed by atoms with van der Waals surface area (Å²) in [6, 6.07) is 7.22. The molecule has 0 aromatic carbocycles. The van der Waals surface area contributed by atoms with Crippen molar-refractivity contribution in [3.8, 4) is 28.8 Å². The van der Waals surface area contributed by atoms with Gasteiger partial charge >= 0.3 is 11.9 Å². The van der Waals surface area contributed by atoms with Crippen molar-refractivity contribution in [3.63, 3.8) is 0 Å². The normalized spacial score (nSPS) is 15.1. The molecule has 3 N–H and O–H groups in total. The SMILES string of the molecule is COc1ccc2ncc(=O)n(-c3cnc4c(c3)OCC(NCc3cc5c(cn3)OCCO5)C4)c2n1.O=C(O)/C=C/C(=O)O. The fraction of sp³-hybridized carbons (Fsp3) is 0.250. The van der Waals surface area contributed by atoms with Crippen LogP contribution in [0.2, 0.25) is 0 Å². The highest BCUT2D eigenvalue weighted by atomic mass is 16.6. The lowest BCUT2D eigenvalue weighted by Crippen LogP contribution is -2.39. The summed E-state index contributed by atoms with van der Waals surface area (Å²) < 4.78 is 23.8. The van der Waals surface area contributed by atoms with Gasteiger partial charge in [-0.15, -0.1) is 0 Å². The molecule has 0 radical (unpaired) electrons. The summed E-state index contributed by atoms with van der Waals surface area (Å²) >= 11 is 0. The fourth-order valence-electron chi connectivity index (χ4n) is 4.29. The molecule has 15 heteroatoms. The number of pyridine rings is 3. The first-order valence-electron chi connectivity index (χ1n) is 13.0. The zero-order chi connectivity index (χ0) is 30.3. The van der Waals surface area contributed by atoms with E-state index in [9.17, 15) is 14.4 Å². The third kappa shape index (κ3) is 7.02. The average molecular weight is 591 g/mol. The minimum atomic E-state index is -1.26. The van der Waals surface area contributed by atoms with Crippen molar-refractivity contribution in [2.75, 3.05) is 26.9 Å². The standard InChI is InChI=1S/C24H22N6O5.C4H4O4/c1-32-22-3-2-17-24(29-22)30(23(31)12-28-17)16-8-19-18(27-10-16)6-15(13-35-19)25-9-14-7-20-21(11-26-14)34-5-4-33-20;5-3(6)1-2-4(7)8/h2-3,7-8,10-12,15,25H,4-6,9,13H2,1H3;1-2H,(H,5,6)(H,7,8)/b;2-1+. The Morgan fingerprint density at radius 1 is 1.00 bits per heavy atom. The molecule has 0 fully saturated rings. The van der Waals surface area contributed by atoms with Gasteiger partial charge in [-0.3, -0.25) is 19.3 Å². The molecule has 0 saturated carbocycles. The molecule has 222 valence electrons. The van der Waals surface area contributed by atoms with Gasteiger partial charge in [-0.2, -0.15) is 4.98 Å². The molecule has 2 aliphatic rings. The minimum Gasteiger partial charge on any atom is -0.490 e. The van der Waals surface area contributed by atoms with Crippen molar-refractivity contribution in [3.05, 3.63) is 76.7 Å². The molecule has 4 aromatic rings. The van der Waals surface area contributed by atoms with Gasteiger partial charge in [0.05, 0.1) is 42.8 Å². The molecule has 0 aliphatic carbocycles. The lowest BCUT2D eigenvalue weighted by atomic mass is 10.1. The van der Waals surface area contributed by atoms with E-state index in [0.29, 0.717) is 84.9 Å². The van der Waals surface area contributed by atoms with Crippen molar-refractivity contribution in [1.29, 1.82) is 0 Å². The maximum atomic E-state index is 12.7. The van der Waals surface area contributed by atoms with Gasteiger partial charge in [0.15, 0.2) is 17.1 Å². The van der Waals surface area contributed by atoms with Gasteiger partial charge in [0.2, 0.25) is 5.88 Å². The summed E-state index contributed by atoms with van der Waals surface area (Å²) in [5, 5.41) is 19.1. The minimum absolute atomic E-state index is 0.0613. The molecule has 0 saturated heterocycles. The lowest BCUT2D eigenvalue weighted by Gasteiger charge is -2.26. The number of hydrogen-bond donors (Lipinski definition) is 3. The van der Waals surface area contributed by atoms with Crippen LogP contribution in [0.3, 0.4) is 0 Å². The van der Waals surface area contributed by atoms with E-state index in [2.05, 4.69) is 25.3 Å². The van der Waals surface area contributed by atoms with Crippen LogP contribution in [-0.2, 0) is 22.6 Å². The second-order valence-corrected chi connectivity index (χ2v) is 9.19. The maximum Gasteiger partial charge on any atom is 0.328 e. The van der Waals surface area contributed by atoms with Crippen LogP contribution >= 0.6 is 0 Å². The lowest BCUT2D eigenvalue weighted by molar-refractivity contribution is -0.134. The van der Waals surface area contributed by atoms with Crippen LogP contribution in [-0.4, -0.2) is 79.6 Å². The number of nitrogens with zero attached hydrogens (tertiary/aromatic N) is 5. The number of aromatic nitrogens is 5. The molecule has 1 atom stereocenters. The molecule has 0 bridgehead atoms. The van der Waals surface area contributed by atoms with Crippen molar-refractivity contribution in [1.82, 2.24) is 29.8 Å². The smallest absolute Gasteiger partial charge is 0.328 e. The van der Waals surface area contributed by atoms with Crippen LogP contribution in [0.4, 0.5) is 0 Å². The number of rotatable bonds is 7. The van der Waals surface area contributed by atoms with Crippen molar-refractivity contribution in [2.45, 2.75) is 19.0 Å². The number of ether oxygens (including phenoxy) is 4. The van der Waals surface area contributed by atoms with Gasteiger partial charge in [0.25, 0.3) is 5.56 Å². The fourth-order valence-corrected chi connectivity index (χ4v) is 4.29. The second kappa shape index (κ2) is 12.9. The van der Waals surface area contributed by atoms with E-state index in [1.54, 1.807) is 24.5 Å². The van der Waals surface area contributed by atoms with Crippen LogP contribution in [0.1, 0.15) is 11.4 Å². The molecule has 0 spiro atoms. The van der Waals surface area contributed by atoms with Crippen LogP contribution in [0.5, 0.6) is 23.1 Å². The van der Waals surface area contributed by atoms with E-state index in [1.165, 1.54) is 17.9 Å². The summed E-state index contributed by atoms with van der Waals surface area (Å²) in [5.41, 5.74) is 2.86. The maximum absolute atomic E-state index is 12.7. The monoisotopic (exact) mass is 590 g/mol. The third-order valence-corrected chi connectivity index (χ3v) is 6.27. The second-order valence-electron chi connectivity index (χ2n) is 9.19. The first-order chi connectivity index (χ1) is 20.8. The Morgan fingerprint density at radius 2 is 1.77 bits per heavy atom. The Kier molecular flexibility index (Phi) is 8.71. The van der Waals surface area contributed by atoms with Gasteiger partial charge < -0.3 is 34.5 Å². The van der Waals surface area contributed by atoms with Gasteiger partial charge in [0, 0.05) is 49.4 Å². The van der Waals surface area contributed by atoms with Crippen LogP contribution in [0.25, 0.3) is 16.9 Å². The summed E-state index contributed by atoms with van der Waals surface area (Å²) in [6.07, 6.45) is 6.40. The largest absolute Gasteiger partial charge is 0.490 e. The number of carboxylic acids is 2. The Hall–Kier alpha value is -5.57. The van der Waals surface area contributed by atoms with Crippen molar-refractivity contribution < 1.29 is 38.7 Å². The van der Waals surface area contributed by atoms with Gasteiger partial charge in [-0.25, -0.2) is 14.6 Å². The van der Waals surface area contributed by atoms with Gasteiger partial charge in [-0.1, -0.05) is 0 Å². The van der Waals surface area contributed by atoms with E-state index >= 15 is 0 Å². The number of carboxylic acid groups (broad SMARTS) is 2. The highest BCUT2D eigenvalue weighted by molar-refractivity contribution is 5.89. The molecular formula is C28H26N6O9. The summed E-state index contributed by atoms with van der Waals surface area (Å²) in [7, 11) is 1.52. The topological polar surface area (TPSA) is 197 Å². The summed E-state index contributed by atoms with van der Waals surface area (Å²) in [5.74, 6) is -0.0991. The number of methoxy groups -OCH3 is 1. The highest BCUT2D eigenvalue weighted by Gasteiger charge is 2.23. The van der Waals surface area contributed by atoms with E-state index in [4.69, 9.17) is 29.2 Å². The van der Waals surface area contributed by atoms with Crippen LogP contribution < -0.4 is 29.8 Å². The van der Waals surface area contributed by atoms with E-state index in [1.807, 2.05) is 12.1 Å². The van der Waals surface area contributed by atoms with Gasteiger partial charge in [-0.05, 0) is 6.07 Å². The van der Waals surface area contributed by atoms with E-state index in [-0.39, 0.29) is 11.6 Å². The zero-order valence-corrected chi connectivity index (χ0v) is 22.8. The Bertz CT molecular complexity index is 1740. The van der Waals surface area contributed by atoms with Crippen LogP contribution in [0.15, 0.2) is 59.8 Å². The predicted octanol–water partition coefficient (Wildman–Crippen LogP) is 1.16. The Labute approximate surface area is 243 Å². The Morgan fingerprint density at radius 3 is 2.51 bits per heavy atom. The Balaban J connectivity index is 0.000000407. The average Bonchev–Trinajstić information content (AvgIpc) is 3.02. The third-order valence-electron chi connectivity index (χ3n) is 6.27. The molecule has 6 heterocycles. The molecular weight excluding hydrogens is 564 g/mol. The summed E-state index contributed by atoms with van der Waals surface area (Å²) in [4.78, 5) is 49.4. The quantitative estimate of drug-likeness (QED) is 0.259. The van der Waals surface area contributed by atoms with Crippen molar-refractivity contribution >= 4 is 23.1 Å². The molecule has 0 amide bonds. The molecule has 1 unspecified atom stereocenters. The highest BCUT2D eigenvalue weighted by Crippen LogP contribution is 2.30. The zero-order valence-electron chi connectivity index (χ0n) is 22.8. The molecule has 4 aromatic heterocycles. The number of nitrogens with one attached hydrogen (secondary N) is 1. The molecule has 2 aliphatic heterocycles. The number of carbonyl (C=O) groups is 2. The molecule has 15 nitrogen and oxygen atoms in total. The van der Waals surface area contributed by atoms with Crippen molar-refractivity contribution in [2.24, 2.45) is 0 Å². The number of fused-ring (bicyclic) bond motifs is 3.